The Balaban J connectivity index is 2.86. The Morgan fingerprint density at radius 3 is 2.91 bits per heavy atom. The highest BCUT2D eigenvalue weighted by atomic mass is 16.4. The Hall–Kier alpha value is -1.10. The molecule has 0 aliphatic carbocycles. The Morgan fingerprint density at radius 1 is 1.73 bits per heavy atom. The quantitative estimate of drug-likeness (QED) is 0.633. The minimum atomic E-state index is -0.407. The van der Waals surface area contributed by atoms with Crippen molar-refractivity contribution in [3.63, 3.8) is 0 Å². The van der Waals surface area contributed by atoms with E-state index in [1.807, 2.05) is 6.92 Å². The fourth-order valence-corrected chi connectivity index (χ4v) is 0.774. The van der Waals surface area contributed by atoms with E-state index in [0.717, 1.165) is 0 Å². The summed E-state index contributed by atoms with van der Waals surface area (Å²) in [7, 11) is 0. The maximum atomic E-state index is 10.8. The van der Waals surface area contributed by atoms with E-state index in [-0.39, 0.29) is 0 Å². The monoisotopic (exact) mass is 157 g/mol. The number of rotatable bonds is 3. The van der Waals surface area contributed by atoms with Crippen molar-refractivity contribution >= 4 is 0 Å². The van der Waals surface area contributed by atoms with Gasteiger partial charge in [-0.1, -0.05) is 0 Å². The molecule has 0 bridgehead atoms. The molecule has 62 valence electrons. The van der Waals surface area contributed by atoms with Gasteiger partial charge in [0.2, 0.25) is 5.89 Å². The number of nitrogens with zero attached hydrogens (tertiary/aromatic N) is 2. The van der Waals surface area contributed by atoms with Crippen molar-refractivity contribution in [1.82, 2.24) is 9.78 Å². The summed E-state index contributed by atoms with van der Waals surface area (Å²) in [5.41, 5.74) is 5.25. The van der Waals surface area contributed by atoms with Crippen molar-refractivity contribution in [3.05, 3.63) is 16.4 Å². The van der Waals surface area contributed by atoms with Crippen LogP contribution >= 0.6 is 0 Å². The second-order valence-electron chi connectivity index (χ2n) is 2.12. The van der Waals surface area contributed by atoms with E-state index in [0.29, 0.717) is 25.4 Å². The van der Waals surface area contributed by atoms with Gasteiger partial charge in [0.1, 0.15) is 0 Å². The van der Waals surface area contributed by atoms with Crippen LogP contribution in [0.4, 0.5) is 0 Å². The van der Waals surface area contributed by atoms with Crippen LogP contribution < -0.4 is 11.5 Å². The minimum absolute atomic E-state index is 0.407. The van der Waals surface area contributed by atoms with Crippen LogP contribution in [0.15, 0.2) is 9.21 Å². The highest BCUT2D eigenvalue weighted by Gasteiger charge is 2.03. The van der Waals surface area contributed by atoms with E-state index in [2.05, 4.69) is 5.10 Å². The molecule has 1 aromatic heterocycles. The van der Waals surface area contributed by atoms with Crippen molar-refractivity contribution < 1.29 is 4.42 Å². The summed E-state index contributed by atoms with van der Waals surface area (Å²) in [6.45, 7) is 2.81. The number of nitrogens with two attached hydrogens (primary N) is 1. The van der Waals surface area contributed by atoms with E-state index >= 15 is 0 Å². The molecular weight excluding hydrogens is 146 g/mol. The first-order valence-electron chi connectivity index (χ1n) is 3.54. The maximum absolute atomic E-state index is 10.8. The highest BCUT2D eigenvalue weighted by Crippen LogP contribution is 1.89. The molecule has 5 heteroatoms. The standard InChI is InChI=1S/C6H11N3O2/c1-2-9-6(10)11-5(8-9)3-4-7/h2-4,7H2,1H3. The Kier molecular flexibility index (Phi) is 2.43. The van der Waals surface area contributed by atoms with E-state index in [1.54, 1.807) is 0 Å². The van der Waals surface area contributed by atoms with Crippen molar-refractivity contribution in [2.45, 2.75) is 19.9 Å². The molecule has 1 aromatic rings. The lowest BCUT2D eigenvalue weighted by Crippen LogP contribution is -2.13. The summed E-state index contributed by atoms with van der Waals surface area (Å²) < 4.78 is 6.03. The third-order valence-electron chi connectivity index (χ3n) is 1.31. The fraction of sp³-hybridized carbons (Fsp3) is 0.667. The second-order valence-corrected chi connectivity index (χ2v) is 2.12. The molecule has 0 saturated heterocycles. The first-order valence-corrected chi connectivity index (χ1v) is 3.54. The number of aryl methyl sites for hydroxylation is 1. The van der Waals surface area contributed by atoms with E-state index in [1.165, 1.54) is 4.68 Å². The number of hydrogen-bond donors (Lipinski definition) is 1. The molecule has 0 spiro atoms. The average Bonchev–Trinajstić information content (AvgIpc) is 2.32. The molecule has 0 fully saturated rings. The minimum Gasteiger partial charge on any atom is -0.392 e. The topological polar surface area (TPSA) is 74.1 Å². The number of hydrogen-bond acceptors (Lipinski definition) is 4. The van der Waals surface area contributed by atoms with Crippen LogP contribution in [0.5, 0.6) is 0 Å². The van der Waals surface area contributed by atoms with Crippen LogP contribution in [0.1, 0.15) is 12.8 Å². The average molecular weight is 157 g/mol. The van der Waals surface area contributed by atoms with E-state index in [9.17, 15) is 4.79 Å². The van der Waals surface area contributed by atoms with Crippen LogP contribution in [-0.2, 0) is 13.0 Å². The summed E-state index contributed by atoms with van der Waals surface area (Å²) in [4.78, 5) is 10.8. The molecule has 0 unspecified atom stereocenters. The zero-order chi connectivity index (χ0) is 8.27. The van der Waals surface area contributed by atoms with Gasteiger partial charge < -0.3 is 10.2 Å². The lowest BCUT2D eigenvalue weighted by atomic mass is 10.4. The van der Waals surface area contributed by atoms with Gasteiger partial charge in [0.25, 0.3) is 0 Å². The Morgan fingerprint density at radius 2 is 2.45 bits per heavy atom. The van der Waals surface area contributed by atoms with E-state index in [4.69, 9.17) is 10.2 Å². The first-order chi connectivity index (χ1) is 5.27. The lowest BCUT2D eigenvalue weighted by molar-refractivity contribution is 0.449. The molecule has 0 amide bonds. The van der Waals surface area contributed by atoms with Gasteiger partial charge in [0.05, 0.1) is 0 Å². The summed E-state index contributed by atoms with van der Waals surface area (Å²) in [6.07, 6.45) is 0.516. The summed E-state index contributed by atoms with van der Waals surface area (Å²) >= 11 is 0. The third kappa shape index (κ3) is 1.68. The van der Waals surface area contributed by atoms with Crippen LogP contribution in [0.3, 0.4) is 0 Å². The summed E-state index contributed by atoms with van der Waals surface area (Å²) in [5, 5.41) is 3.88. The molecule has 0 aromatic carbocycles. The number of aromatic nitrogens is 2. The largest absolute Gasteiger partial charge is 0.437 e. The van der Waals surface area contributed by atoms with Crippen LogP contribution in [0.25, 0.3) is 0 Å². The Bertz CT molecular complexity index is 276. The molecule has 11 heavy (non-hydrogen) atoms. The van der Waals surface area contributed by atoms with Crippen molar-refractivity contribution in [2.24, 2.45) is 5.73 Å². The van der Waals surface area contributed by atoms with Gasteiger partial charge >= 0.3 is 5.76 Å². The summed E-state index contributed by atoms with van der Waals surface area (Å²) in [6, 6.07) is 0. The predicted octanol–water partition coefficient (Wildman–Crippen LogP) is -0.643. The predicted molar refractivity (Wildman–Crippen MR) is 39.2 cm³/mol. The molecule has 2 N–H and O–H groups in total. The fourth-order valence-electron chi connectivity index (χ4n) is 0.774. The molecule has 1 heterocycles. The highest BCUT2D eigenvalue weighted by molar-refractivity contribution is 4.75. The van der Waals surface area contributed by atoms with Crippen molar-refractivity contribution in [3.8, 4) is 0 Å². The first kappa shape index (κ1) is 8.00. The van der Waals surface area contributed by atoms with Crippen LogP contribution in [0.2, 0.25) is 0 Å². The van der Waals surface area contributed by atoms with Gasteiger partial charge in [-0.05, 0) is 6.92 Å². The lowest BCUT2D eigenvalue weighted by Gasteiger charge is -1.86. The third-order valence-corrected chi connectivity index (χ3v) is 1.31. The SMILES string of the molecule is CCn1nc(CCN)oc1=O. The van der Waals surface area contributed by atoms with Gasteiger partial charge in [-0.2, -0.15) is 4.68 Å². The Labute approximate surface area is 63.8 Å². The molecule has 5 nitrogen and oxygen atoms in total. The molecule has 0 atom stereocenters. The second kappa shape index (κ2) is 3.34. The van der Waals surface area contributed by atoms with Crippen LogP contribution in [0, 0.1) is 0 Å². The molecule has 0 radical (unpaired) electrons. The normalized spacial score (nSPS) is 10.4. The van der Waals surface area contributed by atoms with Crippen LogP contribution in [-0.4, -0.2) is 16.3 Å². The molecule has 0 aliphatic rings. The van der Waals surface area contributed by atoms with Gasteiger partial charge in [0.15, 0.2) is 0 Å². The molecule has 1 rings (SSSR count). The molecule has 0 saturated carbocycles. The van der Waals surface area contributed by atoms with Gasteiger partial charge in [-0.25, -0.2) is 4.79 Å². The van der Waals surface area contributed by atoms with Gasteiger partial charge in [-0.3, -0.25) is 0 Å². The summed E-state index contributed by atoms with van der Waals surface area (Å²) in [5.74, 6) is 0.00954. The van der Waals surface area contributed by atoms with Gasteiger partial charge in [0, 0.05) is 19.5 Å². The smallest absolute Gasteiger partial charge is 0.392 e. The van der Waals surface area contributed by atoms with Crippen molar-refractivity contribution in [1.29, 1.82) is 0 Å². The van der Waals surface area contributed by atoms with Crippen molar-refractivity contribution in [2.75, 3.05) is 6.54 Å². The molecular formula is C6H11N3O2. The maximum Gasteiger partial charge on any atom is 0.437 e. The van der Waals surface area contributed by atoms with Gasteiger partial charge in [-0.15, -0.1) is 5.10 Å². The van der Waals surface area contributed by atoms with E-state index < -0.39 is 5.76 Å². The zero-order valence-electron chi connectivity index (χ0n) is 6.41. The molecule has 0 aliphatic heterocycles. The zero-order valence-corrected chi connectivity index (χ0v) is 6.41.